The quantitative estimate of drug-likeness (QED) is 0.331. The van der Waals surface area contributed by atoms with Crippen LogP contribution in [0, 0.1) is 0 Å². The Balaban J connectivity index is 2.36. The fourth-order valence-electron chi connectivity index (χ4n) is 2.06. The van der Waals surface area contributed by atoms with E-state index in [4.69, 9.17) is 31.5 Å². The molecule has 0 aromatic heterocycles. The van der Waals surface area contributed by atoms with Crippen LogP contribution in [-0.4, -0.2) is 71.5 Å². The highest BCUT2D eigenvalue weighted by Gasteiger charge is 2.43. The van der Waals surface area contributed by atoms with Gasteiger partial charge < -0.3 is 28.5 Å². The number of Topliss-reactive ketones (excluding diaryl/α,β-unsaturated/α-hetero) is 1. The maximum Gasteiger partial charge on any atom is 0.308 e. The largest absolute Gasteiger partial charge is 0.438 e. The van der Waals surface area contributed by atoms with Gasteiger partial charge in [0.2, 0.25) is 0 Å². The summed E-state index contributed by atoms with van der Waals surface area (Å²) in [7, 11) is 8.88. The maximum absolute atomic E-state index is 11.4. The van der Waals surface area contributed by atoms with Crippen molar-refractivity contribution in [3.63, 3.8) is 0 Å². The molecule has 8 heteroatoms. The topological polar surface area (TPSA) is 80.3 Å². The summed E-state index contributed by atoms with van der Waals surface area (Å²) < 4.78 is 26.1. The van der Waals surface area contributed by atoms with E-state index in [1.165, 1.54) is 14.0 Å². The molecule has 0 aliphatic carbocycles. The van der Waals surface area contributed by atoms with Gasteiger partial charge in [-0.3, -0.25) is 4.79 Å². The van der Waals surface area contributed by atoms with E-state index in [9.17, 15) is 9.59 Å². The summed E-state index contributed by atoms with van der Waals surface area (Å²) in [6.45, 7) is 1.47. The Labute approximate surface area is 125 Å². The predicted octanol–water partition coefficient (Wildman–Crippen LogP) is -0.204. The molecule has 0 N–H and O–H groups in total. The first-order valence-corrected chi connectivity index (χ1v) is 6.69. The molecule has 0 aromatic rings. The average Bonchev–Trinajstić information content (AvgIpc) is 2.72. The Morgan fingerprint density at radius 2 is 1.90 bits per heavy atom. The Morgan fingerprint density at radius 1 is 1.19 bits per heavy atom. The zero-order valence-electron chi connectivity index (χ0n) is 12.6. The molecule has 21 heavy (non-hydrogen) atoms. The Kier molecular flexibility index (Phi) is 7.88. The van der Waals surface area contributed by atoms with Crippen LogP contribution in [0.25, 0.3) is 0 Å². The minimum atomic E-state index is -0.689. The molecule has 0 saturated carbocycles. The molecule has 118 valence electrons. The van der Waals surface area contributed by atoms with E-state index < -0.39 is 24.2 Å². The van der Waals surface area contributed by atoms with E-state index in [1.807, 2.05) is 0 Å². The molecule has 1 unspecified atom stereocenters. The minimum Gasteiger partial charge on any atom is -0.438 e. The van der Waals surface area contributed by atoms with Gasteiger partial charge in [0.25, 0.3) is 0 Å². The lowest BCUT2D eigenvalue weighted by atomic mass is 9.93. The second-order valence-corrected chi connectivity index (χ2v) is 4.76. The van der Waals surface area contributed by atoms with Gasteiger partial charge in [-0.15, -0.1) is 0 Å². The van der Waals surface area contributed by atoms with Gasteiger partial charge in [-0.2, -0.15) is 0 Å². The van der Waals surface area contributed by atoms with Crippen LogP contribution in [0.15, 0.2) is 0 Å². The SMILES string of the molecule is [B][C@@H]1O[C@H](COC)C(OC)[C@@H]1OCOC(=O)CCC(C)=O. The van der Waals surface area contributed by atoms with Gasteiger partial charge in [0.1, 0.15) is 31.9 Å². The number of ether oxygens (including phenoxy) is 5. The Morgan fingerprint density at radius 3 is 2.48 bits per heavy atom. The van der Waals surface area contributed by atoms with Crippen molar-refractivity contribution in [1.82, 2.24) is 0 Å². The first-order chi connectivity index (χ1) is 9.99. The van der Waals surface area contributed by atoms with Crippen LogP contribution in [0.1, 0.15) is 19.8 Å². The van der Waals surface area contributed by atoms with Gasteiger partial charge in [0.15, 0.2) is 6.79 Å². The van der Waals surface area contributed by atoms with Crippen molar-refractivity contribution >= 4 is 19.6 Å². The molecular formula is C13H21BO7. The smallest absolute Gasteiger partial charge is 0.308 e. The third-order valence-corrected chi connectivity index (χ3v) is 3.11. The lowest BCUT2D eigenvalue weighted by Gasteiger charge is -2.22. The number of hydrogen-bond donors (Lipinski definition) is 0. The summed E-state index contributed by atoms with van der Waals surface area (Å²) >= 11 is 0. The van der Waals surface area contributed by atoms with Crippen molar-refractivity contribution in [3.05, 3.63) is 0 Å². The highest BCUT2D eigenvalue weighted by molar-refractivity contribution is 6.11. The Bertz CT molecular complexity index is 349. The molecule has 1 heterocycles. The van der Waals surface area contributed by atoms with E-state index in [-0.39, 0.29) is 31.5 Å². The van der Waals surface area contributed by atoms with Crippen molar-refractivity contribution in [3.8, 4) is 0 Å². The highest BCUT2D eigenvalue weighted by atomic mass is 16.7. The van der Waals surface area contributed by atoms with E-state index in [0.29, 0.717) is 6.61 Å². The van der Waals surface area contributed by atoms with E-state index in [1.54, 1.807) is 7.11 Å². The van der Waals surface area contributed by atoms with Crippen LogP contribution in [0.5, 0.6) is 0 Å². The van der Waals surface area contributed by atoms with Gasteiger partial charge in [-0.25, -0.2) is 0 Å². The number of methoxy groups -OCH3 is 2. The normalized spacial score (nSPS) is 28.5. The summed E-state index contributed by atoms with van der Waals surface area (Å²) in [4.78, 5) is 22.1. The molecule has 0 aromatic carbocycles. The molecule has 1 fully saturated rings. The molecule has 0 spiro atoms. The third-order valence-electron chi connectivity index (χ3n) is 3.11. The first kappa shape index (κ1) is 18.1. The number of rotatable bonds is 9. The molecule has 7 nitrogen and oxygen atoms in total. The molecule has 1 saturated heterocycles. The fraction of sp³-hybridized carbons (Fsp3) is 0.846. The van der Waals surface area contributed by atoms with Crippen LogP contribution in [-0.2, 0) is 33.3 Å². The molecule has 4 atom stereocenters. The molecule has 1 aliphatic heterocycles. The average molecular weight is 300 g/mol. The zero-order valence-corrected chi connectivity index (χ0v) is 12.6. The Hall–Kier alpha value is -0.955. The monoisotopic (exact) mass is 300 g/mol. The number of esters is 1. The predicted molar refractivity (Wildman–Crippen MR) is 72.8 cm³/mol. The standard InChI is InChI=1S/C13H21BO7/c1-8(15)4-5-10(16)19-7-20-12-11(18-3)9(6-17-2)21-13(12)14/h9,11-13H,4-7H2,1-3H3/t9-,11?,12+,13-/m1/s1. The minimum absolute atomic E-state index is 0.0337. The van der Waals surface area contributed by atoms with Crippen molar-refractivity contribution in [2.24, 2.45) is 0 Å². The first-order valence-electron chi connectivity index (χ1n) is 6.69. The molecule has 1 aliphatic rings. The summed E-state index contributed by atoms with van der Waals surface area (Å²) in [6.07, 6.45) is -1.12. The van der Waals surface area contributed by atoms with Crippen molar-refractivity contribution in [2.45, 2.75) is 44.1 Å². The fourth-order valence-corrected chi connectivity index (χ4v) is 2.06. The lowest BCUT2D eigenvalue weighted by Crippen LogP contribution is -2.39. The number of carbonyl (C=O) groups excluding carboxylic acids is 2. The lowest BCUT2D eigenvalue weighted by molar-refractivity contribution is -0.167. The summed E-state index contributed by atoms with van der Waals surface area (Å²) in [5.74, 6) is -0.568. The van der Waals surface area contributed by atoms with Gasteiger partial charge >= 0.3 is 5.97 Å². The number of ketones is 1. The molecule has 1 rings (SSSR count). The van der Waals surface area contributed by atoms with Crippen molar-refractivity contribution in [2.75, 3.05) is 27.6 Å². The summed E-state index contributed by atoms with van der Waals surface area (Å²) in [5.41, 5.74) is 0. The molecule has 2 radical (unpaired) electrons. The third kappa shape index (κ3) is 5.74. The highest BCUT2D eigenvalue weighted by Crippen LogP contribution is 2.24. The second kappa shape index (κ2) is 9.14. The zero-order chi connectivity index (χ0) is 15.8. The van der Waals surface area contributed by atoms with Crippen molar-refractivity contribution in [1.29, 1.82) is 0 Å². The van der Waals surface area contributed by atoms with E-state index in [2.05, 4.69) is 0 Å². The van der Waals surface area contributed by atoms with Gasteiger partial charge in [-0.1, -0.05) is 0 Å². The number of carbonyl (C=O) groups is 2. The van der Waals surface area contributed by atoms with Gasteiger partial charge in [-0.05, 0) is 6.92 Å². The summed E-state index contributed by atoms with van der Waals surface area (Å²) in [5, 5.41) is 0. The molecule has 0 bridgehead atoms. The van der Waals surface area contributed by atoms with Crippen molar-refractivity contribution < 1.29 is 33.3 Å². The number of hydrogen-bond acceptors (Lipinski definition) is 7. The summed E-state index contributed by atoms with van der Waals surface area (Å²) in [6, 6.07) is -0.689. The molecular weight excluding hydrogens is 279 g/mol. The van der Waals surface area contributed by atoms with E-state index in [0.717, 1.165) is 0 Å². The maximum atomic E-state index is 11.4. The van der Waals surface area contributed by atoms with Crippen LogP contribution < -0.4 is 0 Å². The van der Waals surface area contributed by atoms with Gasteiger partial charge in [0.05, 0.1) is 13.0 Å². The van der Waals surface area contributed by atoms with Crippen LogP contribution in [0.3, 0.4) is 0 Å². The van der Waals surface area contributed by atoms with Gasteiger partial charge in [0, 0.05) is 26.6 Å². The van der Waals surface area contributed by atoms with E-state index >= 15 is 0 Å². The van der Waals surface area contributed by atoms with Crippen LogP contribution in [0.4, 0.5) is 0 Å². The van der Waals surface area contributed by atoms with Crippen LogP contribution >= 0.6 is 0 Å². The molecule has 0 amide bonds. The second-order valence-electron chi connectivity index (χ2n) is 4.76. The van der Waals surface area contributed by atoms with Crippen LogP contribution in [0.2, 0.25) is 0 Å².